The predicted octanol–water partition coefficient (Wildman–Crippen LogP) is 2.87. The Bertz CT molecular complexity index is 460. The molecule has 0 aliphatic rings. The summed E-state index contributed by atoms with van der Waals surface area (Å²) in [6.45, 7) is 0. The van der Waals surface area contributed by atoms with Crippen molar-refractivity contribution in [3.8, 4) is 11.8 Å². The smallest absolute Gasteiger partial charge is 0.229 e. The zero-order valence-corrected chi connectivity index (χ0v) is 9.75. The molecule has 1 aromatic carbocycles. The normalized spacial score (nSPS) is 9.27. The summed E-state index contributed by atoms with van der Waals surface area (Å²) in [5.74, 6) is 4.75. The van der Waals surface area contributed by atoms with Gasteiger partial charge in [0.15, 0.2) is 0 Å². The first-order valence-corrected chi connectivity index (χ1v) is 5.06. The molecular weight excluding hydrogens is 256 g/mol. The maximum Gasteiger partial charge on any atom is 0.229 e. The number of carbonyl (C=O) groups is 1. The maximum atomic E-state index is 10.4. The Morgan fingerprint density at radius 3 is 2.60 bits per heavy atom. The van der Waals surface area contributed by atoms with Crippen molar-refractivity contribution < 1.29 is 4.79 Å². The van der Waals surface area contributed by atoms with Crippen molar-refractivity contribution in [3.05, 3.63) is 32.8 Å². The zero-order chi connectivity index (χ0) is 11.4. The molecule has 0 aliphatic carbocycles. The number of primary amides is 1. The van der Waals surface area contributed by atoms with Crippen LogP contribution in [-0.2, 0) is 4.79 Å². The summed E-state index contributed by atoms with van der Waals surface area (Å²) in [5, 5.41) is 1.08. The molecule has 1 aromatic rings. The van der Waals surface area contributed by atoms with Crippen LogP contribution in [0, 0.1) is 11.8 Å². The van der Waals surface area contributed by atoms with E-state index in [4.69, 9.17) is 40.5 Å². The number of benzene rings is 1. The summed E-state index contributed by atoms with van der Waals surface area (Å²) in [7, 11) is 0. The van der Waals surface area contributed by atoms with Crippen LogP contribution in [0.1, 0.15) is 12.0 Å². The van der Waals surface area contributed by atoms with Crippen LogP contribution in [-0.4, -0.2) is 5.91 Å². The van der Waals surface area contributed by atoms with Crippen molar-refractivity contribution in [1.29, 1.82) is 0 Å². The van der Waals surface area contributed by atoms with Crippen LogP contribution in [0.25, 0.3) is 0 Å². The third-order valence-electron chi connectivity index (χ3n) is 1.48. The van der Waals surface area contributed by atoms with Gasteiger partial charge in [-0.25, -0.2) is 0 Å². The molecule has 1 rings (SSSR count). The molecule has 0 radical (unpaired) electrons. The van der Waals surface area contributed by atoms with Gasteiger partial charge < -0.3 is 5.73 Å². The average Bonchev–Trinajstić information content (AvgIpc) is 2.12. The molecule has 0 spiro atoms. The van der Waals surface area contributed by atoms with Crippen molar-refractivity contribution in [2.45, 2.75) is 6.42 Å². The summed E-state index contributed by atoms with van der Waals surface area (Å²) in [4.78, 5) is 10.4. The Labute approximate surface area is 102 Å². The van der Waals surface area contributed by atoms with E-state index in [9.17, 15) is 4.79 Å². The molecule has 0 heterocycles. The molecule has 2 nitrogen and oxygen atoms in total. The van der Waals surface area contributed by atoms with Gasteiger partial charge in [-0.3, -0.25) is 4.79 Å². The minimum absolute atomic E-state index is 0.0273. The molecule has 0 aliphatic heterocycles. The number of rotatable bonds is 1. The van der Waals surface area contributed by atoms with Gasteiger partial charge in [-0.2, -0.15) is 0 Å². The summed E-state index contributed by atoms with van der Waals surface area (Å²) in [6, 6.07) is 3.09. The number of amides is 1. The Balaban J connectivity index is 3.02. The Morgan fingerprint density at radius 1 is 1.33 bits per heavy atom. The van der Waals surface area contributed by atoms with Crippen LogP contribution in [0.4, 0.5) is 0 Å². The van der Waals surface area contributed by atoms with Gasteiger partial charge in [0.05, 0.1) is 16.5 Å². The fraction of sp³-hybridized carbons (Fsp3) is 0.100. The fourth-order valence-corrected chi connectivity index (χ4v) is 1.52. The number of hydrogen-bond acceptors (Lipinski definition) is 1. The molecule has 15 heavy (non-hydrogen) atoms. The van der Waals surface area contributed by atoms with Crippen molar-refractivity contribution in [3.63, 3.8) is 0 Å². The van der Waals surface area contributed by atoms with Crippen molar-refractivity contribution in [1.82, 2.24) is 0 Å². The lowest BCUT2D eigenvalue weighted by Gasteiger charge is -1.99. The van der Waals surface area contributed by atoms with Crippen LogP contribution in [0.2, 0.25) is 15.1 Å². The first kappa shape index (κ1) is 12.2. The lowest BCUT2D eigenvalue weighted by Crippen LogP contribution is -2.08. The fourth-order valence-electron chi connectivity index (χ4n) is 0.873. The Morgan fingerprint density at radius 2 is 2.00 bits per heavy atom. The van der Waals surface area contributed by atoms with Crippen LogP contribution >= 0.6 is 34.8 Å². The first-order valence-electron chi connectivity index (χ1n) is 3.92. The van der Waals surface area contributed by atoms with E-state index in [-0.39, 0.29) is 6.42 Å². The van der Waals surface area contributed by atoms with Crippen LogP contribution in [0.15, 0.2) is 12.1 Å². The lowest BCUT2D eigenvalue weighted by atomic mass is 10.2. The molecule has 0 aromatic heterocycles. The third-order valence-corrected chi connectivity index (χ3v) is 2.50. The number of carbonyl (C=O) groups excluding carboxylic acids is 1. The second-order valence-electron chi connectivity index (χ2n) is 2.69. The van der Waals surface area contributed by atoms with Crippen LogP contribution < -0.4 is 5.73 Å². The molecule has 2 N–H and O–H groups in total. The largest absolute Gasteiger partial charge is 0.369 e. The molecule has 5 heteroatoms. The van der Waals surface area contributed by atoms with E-state index in [0.717, 1.165) is 0 Å². The maximum absolute atomic E-state index is 10.4. The van der Waals surface area contributed by atoms with Gasteiger partial charge in [-0.05, 0) is 12.1 Å². The second-order valence-corrected chi connectivity index (χ2v) is 3.92. The number of nitrogens with two attached hydrogens (primary N) is 1. The topological polar surface area (TPSA) is 43.1 Å². The van der Waals surface area contributed by atoms with E-state index in [1.54, 1.807) is 6.07 Å². The van der Waals surface area contributed by atoms with E-state index in [1.165, 1.54) is 6.07 Å². The highest BCUT2D eigenvalue weighted by Crippen LogP contribution is 2.29. The first-order chi connectivity index (χ1) is 7.00. The van der Waals surface area contributed by atoms with Crippen molar-refractivity contribution in [2.75, 3.05) is 0 Å². The molecule has 0 bridgehead atoms. The van der Waals surface area contributed by atoms with E-state index in [0.29, 0.717) is 20.6 Å². The summed E-state index contributed by atoms with van der Waals surface area (Å²) in [6.07, 6.45) is -0.0273. The third kappa shape index (κ3) is 3.64. The van der Waals surface area contributed by atoms with Crippen molar-refractivity contribution in [2.24, 2.45) is 5.73 Å². The SMILES string of the molecule is NC(=O)CC#Cc1cc(Cl)cc(Cl)c1Cl. The van der Waals surface area contributed by atoms with E-state index in [1.807, 2.05) is 0 Å². The van der Waals surface area contributed by atoms with Gasteiger partial charge in [0.1, 0.15) is 0 Å². The molecule has 0 unspecified atom stereocenters. The predicted molar refractivity (Wildman–Crippen MR) is 62.2 cm³/mol. The highest BCUT2D eigenvalue weighted by Gasteiger charge is 2.04. The molecule has 0 saturated heterocycles. The average molecular weight is 263 g/mol. The standard InChI is InChI=1S/C10H6Cl3NO/c11-7-4-6(2-1-3-9(14)15)10(13)8(12)5-7/h4-5H,3H2,(H2,14,15). The van der Waals surface area contributed by atoms with Gasteiger partial charge in [-0.15, -0.1) is 0 Å². The van der Waals surface area contributed by atoms with Gasteiger partial charge in [0.2, 0.25) is 5.91 Å². The van der Waals surface area contributed by atoms with Gasteiger partial charge in [-0.1, -0.05) is 46.6 Å². The highest BCUT2D eigenvalue weighted by molar-refractivity contribution is 6.43. The summed E-state index contributed by atoms with van der Waals surface area (Å²) < 4.78 is 0. The molecule has 1 amide bonds. The molecule has 78 valence electrons. The monoisotopic (exact) mass is 261 g/mol. The van der Waals surface area contributed by atoms with E-state index in [2.05, 4.69) is 11.8 Å². The minimum atomic E-state index is -0.494. The Kier molecular flexibility index (Phi) is 4.28. The summed E-state index contributed by atoms with van der Waals surface area (Å²) >= 11 is 17.4. The number of hydrogen-bond donors (Lipinski definition) is 1. The van der Waals surface area contributed by atoms with Crippen LogP contribution in [0.3, 0.4) is 0 Å². The highest BCUT2D eigenvalue weighted by atomic mass is 35.5. The molecule has 0 atom stereocenters. The summed E-state index contributed by atoms with van der Waals surface area (Å²) in [5.41, 5.74) is 5.41. The molecular formula is C10H6Cl3NO. The molecule has 0 fully saturated rings. The van der Waals surface area contributed by atoms with Crippen molar-refractivity contribution >= 4 is 40.7 Å². The Hall–Kier alpha value is -0.880. The zero-order valence-electron chi connectivity index (χ0n) is 7.48. The van der Waals surface area contributed by atoms with E-state index < -0.39 is 5.91 Å². The minimum Gasteiger partial charge on any atom is -0.369 e. The molecule has 0 saturated carbocycles. The number of halogens is 3. The van der Waals surface area contributed by atoms with E-state index >= 15 is 0 Å². The van der Waals surface area contributed by atoms with Gasteiger partial charge >= 0.3 is 0 Å². The second kappa shape index (κ2) is 5.27. The van der Waals surface area contributed by atoms with Crippen LogP contribution in [0.5, 0.6) is 0 Å². The quantitative estimate of drug-likeness (QED) is 0.614. The van der Waals surface area contributed by atoms with Gasteiger partial charge in [0.25, 0.3) is 0 Å². The van der Waals surface area contributed by atoms with Gasteiger partial charge in [0, 0.05) is 10.6 Å². The lowest BCUT2D eigenvalue weighted by molar-refractivity contribution is -0.117.